The zero-order valence-corrected chi connectivity index (χ0v) is 19.4. The van der Waals surface area contributed by atoms with Crippen molar-refractivity contribution >= 4 is 28.3 Å². The molecule has 1 aromatic carbocycles. The number of anilines is 1. The van der Waals surface area contributed by atoms with E-state index in [1.165, 1.54) is 29.3 Å². The number of alkyl halides is 3. The van der Waals surface area contributed by atoms with E-state index in [1.807, 2.05) is 0 Å². The Morgan fingerprint density at radius 1 is 1.08 bits per heavy atom. The summed E-state index contributed by atoms with van der Waals surface area (Å²) in [5, 5.41) is 0. The van der Waals surface area contributed by atoms with Crippen LogP contribution in [-0.4, -0.2) is 30.2 Å². The highest BCUT2D eigenvalue weighted by atomic mass is 19.4. The molecule has 0 bridgehead atoms. The van der Waals surface area contributed by atoms with Gasteiger partial charge in [0.25, 0.3) is 5.91 Å². The lowest BCUT2D eigenvalue weighted by Gasteiger charge is -2.29. The fourth-order valence-corrected chi connectivity index (χ4v) is 4.19. The Balaban J connectivity index is 1.56. The Bertz CT molecular complexity index is 1610. The maximum Gasteiger partial charge on any atom is 0.417 e. The molecule has 2 N–H and O–H groups in total. The van der Waals surface area contributed by atoms with Gasteiger partial charge in [-0.3, -0.25) is 14.8 Å². The van der Waals surface area contributed by atoms with E-state index in [9.17, 15) is 22.4 Å². The maximum atomic E-state index is 14.6. The molecule has 37 heavy (non-hydrogen) atoms. The summed E-state index contributed by atoms with van der Waals surface area (Å²) in [4.78, 5) is 27.5. The van der Waals surface area contributed by atoms with E-state index in [1.54, 1.807) is 47.9 Å². The third-order valence-corrected chi connectivity index (χ3v) is 6.13. The molecule has 4 heterocycles. The highest BCUT2D eigenvalue weighted by Gasteiger charge is 2.31. The number of aromatic nitrogens is 4. The van der Waals surface area contributed by atoms with Crippen molar-refractivity contribution in [3.05, 3.63) is 102 Å². The molecule has 1 atom stereocenters. The van der Waals surface area contributed by atoms with Gasteiger partial charge in [-0.05, 0) is 61.5 Å². The van der Waals surface area contributed by atoms with Crippen LogP contribution < -0.4 is 5.73 Å². The van der Waals surface area contributed by atoms with Crippen LogP contribution in [0.15, 0.2) is 73.2 Å². The van der Waals surface area contributed by atoms with Crippen LogP contribution in [-0.2, 0) is 12.7 Å². The van der Waals surface area contributed by atoms with E-state index >= 15 is 0 Å². The number of nitrogens with zero attached hydrogens (tertiary/aromatic N) is 5. The largest absolute Gasteiger partial charge is 0.417 e. The third-order valence-electron chi connectivity index (χ3n) is 6.13. The minimum absolute atomic E-state index is 0.0193. The van der Waals surface area contributed by atoms with Crippen LogP contribution in [0.25, 0.3) is 16.6 Å². The van der Waals surface area contributed by atoms with Gasteiger partial charge in [-0.25, -0.2) is 9.37 Å². The predicted molar refractivity (Wildman–Crippen MR) is 129 cm³/mol. The van der Waals surface area contributed by atoms with Crippen LogP contribution in [0.1, 0.15) is 40.3 Å². The van der Waals surface area contributed by atoms with E-state index in [2.05, 4.69) is 15.0 Å². The number of amides is 1. The van der Waals surface area contributed by atoms with Gasteiger partial charge in [-0.2, -0.15) is 13.2 Å². The second-order valence-corrected chi connectivity index (χ2v) is 8.48. The van der Waals surface area contributed by atoms with Gasteiger partial charge < -0.3 is 15.0 Å². The molecule has 7 nitrogen and oxygen atoms in total. The molecule has 4 aromatic heterocycles. The van der Waals surface area contributed by atoms with Crippen molar-refractivity contribution in [1.29, 1.82) is 0 Å². The molecule has 0 aliphatic carbocycles. The van der Waals surface area contributed by atoms with Crippen molar-refractivity contribution in [2.75, 3.05) is 5.73 Å². The summed E-state index contributed by atoms with van der Waals surface area (Å²) >= 11 is 0. The fourth-order valence-electron chi connectivity index (χ4n) is 4.19. The number of fused-ring (bicyclic) bond motifs is 3. The highest BCUT2D eigenvalue weighted by molar-refractivity contribution is 5.98. The van der Waals surface area contributed by atoms with Crippen LogP contribution in [0.4, 0.5) is 23.4 Å². The number of pyridine rings is 2. The second-order valence-electron chi connectivity index (χ2n) is 8.48. The van der Waals surface area contributed by atoms with Crippen molar-refractivity contribution in [1.82, 2.24) is 24.3 Å². The number of benzene rings is 1. The molecule has 0 saturated carbocycles. The van der Waals surface area contributed by atoms with E-state index < -0.39 is 29.5 Å². The molecular formula is C26H20F4N6O. The molecule has 0 aliphatic heterocycles. The summed E-state index contributed by atoms with van der Waals surface area (Å²) in [5.74, 6) is -0.760. The summed E-state index contributed by atoms with van der Waals surface area (Å²) in [5.41, 5.74) is 7.48. The molecule has 5 rings (SSSR count). The predicted octanol–water partition coefficient (Wildman–Crippen LogP) is 5.42. The Labute approximate surface area is 208 Å². The number of halogens is 4. The molecule has 11 heteroatoms. The van der Waals surface area contributed by atoms with Crippen LogP contribution in [0, 0.1) is 5.82 Å². The van der Waals surface area contributed by atoms with Crippen molar-refractivity contribution < 1.29 is 22.4 Å². The molecular weight excluding hydrogens is 488 g/mol. The molecule has 188 valence electrons. The number of carbonyl (C=O) groups excluding carboxylic acids is 1. The number of rotatable bonds is 5. The van der Waals surface area contributed by atoms with E-state index in [0.717, 1.165) is 6.07 Å². The van der Waals surface area contributed by atoms with Crippen LogP contribution in [0.3, 0.4) is 0 Å². The number of hydrogen-bond donors (Lipinski definition) is 1. The molecule has 0 aliphatic rings. The molecule has 1 amide bonds. The van der Waals surface area contributed by atoms with Gasteiger partial charge in [0, 0.05) is 24.2 Å². The SMILES string of the molecule is C[C@H](c1ncccc1F)N(Cc1ccc(C(F)(F)F)cn1)C(=O)c1ccc2nc(N)c3cccn3c2c1. The quantitative estimate of drug-likeness (QED) is 0.320. The highest BCUT2D eigenvalue weighted by Crippen LogP contribution is 2.30. The molecule has 0 spiro atoms. The number of hydrogen-bond acceptors (Lipinski definition) is 5. The monoisotopic (exact) mass is 508 g/mol. The summed E-state index contributed by atoms with van der Waals surface area (Å²) < 4.78 is 55.4. The summed E-state index contributed by atoms with van der Waals surface area (Å²) in [6, 6.07) is 12.4. The number of nitrogen functional groups attached to an aromatic ring is 1. The summed E-state index contributed by atoms with van der Waals surface area (Å²) in [6.45, 7) is 1.42. The van der Waals surface area contributed by atoms with Gasteiger partial charge in [0.1, 0.15) is 11.6 Å². The average molecular weight is 508 g/mol. The molecule has 0 radical (unpaired) electrons. The van der Waals surface area contributed by atoms with E-state index in [4.69, 9.17) is 5.73 Å². The Morgan fingerprint density at radius 2 is 1.89 bits per heavy atom. The Hall–Kier alpha value is -4.54. The zero-order chi connectivity index (χ0) is 26.3. The fraction of sp³-hybridized carbons (Fsp3) is 0.154. The first-order chi connectivity index (χ1) is 17.6. The maximum absolute atomic E-state index is 14.6. The Kier molecular flexibility index (Phi) is 5.98. The minimum Gasteiger partial charge on any atom is -0.382 e. The van der Waals surface area contributed by atoms with Crippen molar-refractivity contribution in [2.24, 2.45) is 0 Å². The summed E-state index contributed by atoms with van der Waals surface area (Å²) in [7, 11) is 0. The van der Waals surface area contributed by atoms with Crippen molar-refractivity contribution in [3.63, 3.8) is 0 Å². The van der Waals surface area contributed by atoms with Gasteiger partial charge in [-0.15, -0.1) is 0 Å². The average Bonchev–Trinajstić information content (AvgIpc) is 3.38. The van der Waals surface area contributed by atoms with Crippen molar-refractivity contribution in [2.45, 2.75) is 25.7 Å². The van der Waals surface area contributed by atoms with Crippen LogP contribution >= 0.6 is 0 Å². The lowest BCUT2D eigenvalue weighted by Crippen LogP contribution is -2.34. The van der Waals surface area contributed by atoms with Crippen LogP contribution in [0.2, 0.25) is 0 Å². The second kappa shape index (κ2) is 9.16. The molecule has 5 aromatic rings. The standard InChI is InChI=1S/C26H20F4N6O/c1-15(23-19(27)4-2-10-32-23)36(14-18-8-7-17(13-33-18)26(28,29)30)25(37)16-6-9-20-22(12-16)35-11-3-5-21(35)24(31)34-20/h2-13,15H,14H2,1H3,(H2,31,34)/t15-/m1/s1. The number of carbonyl (C=O) groups is 1. The summed E-state index contributed by atoms with van der Waals surface area (Å²) in [6.07, 6.45) is -0.640. The first-order valence-corrected chi connectivity index (χ1v) is 11.2. The van der Waals surface area contributed by atoms with Gasteiger partial charge >= 0.3 is 6.18 Å². The van der Waals surface area contributed by atoms with Gasteiger partial charge in [0.2, 0.25) is 0 Å². The first-order valence-electron chi connectivity index (χ1n) is 11.2. The van der Waals surface area contributed by atoms with Crippen molar-refractivity contribution in [3.8, 4) is 0 Å². The smallest absolute Gasteiger partial charge is 0.382 e. The molecule has 0 unspecified atom stereocenters. The van der Waals surface area contributed by atoms with Crippen LogP contribution in [0.5, 0.6) is 0 Å². The van der Waals surface area contributed by atoms with E-state index in [-0.39, 0.29) is 23.5 Å². The van der Waals surface area contributed by atoms with Gasteiger partial charge in [-0.1, -0.05) is 0 Å². The van der Waals surface area contributed by atoms with E-state index in [0.29, 0.717) is 28.6 Å². The lowest BCUT2D eigenvalue weighted by molar-refractivity contribution is -0.137. The Morgan fingerprint density at radius 3 is 2.59 bits per heavy atom. The molecule has 0 saturated heterocycles. The molecule has 0 fully saturated rings. The lowest BCUT2D eigenvalue weighted by atomic mass is 10.1. The first kappa shape index (κ1) is 24.2. The normalized spacial score (nSPS) is 12.7. The zero-order valence-electron chi connectivity index (χ0n) is 19.4. The van der Waals surface area contributed by atoms with Gasteiger partial charge in [0.05, 0.1) is 46.1 Å². The topological polar surface area (TPSA) is 89.4 Å². The number of nitrogens with two attached hydrogens (primary N) is 1. The minimum atomic E-state index is -4.54. The third kappa shape index (κ3) is 4.55. The van der Waals surface area contributed by atoms with Gasteiger partial charge in [0.15, 0.2) is 0 Å².